The third-order valence-electron chi connectivity index (χ3n) is 3.18. The summed E-state index contributed by atoms with van der Waals surface area (Å²) >= 11 is 5.09. The summed E-state index contributed by atoms with van der Waals surface area (Å²) in [5.41, 5.74) is 8.24. The maximum atomic E-state index is 5.95. The number of thiocarbonyl (C=S) groups is 1. The van der Waals surface area contributed by atoms with Gasteiger partial charge in [0.2, 0.25) is 5.88 Å². The molecule has 0 radical (unpaired) electrons. The van der Waals surface area contributed by atoms with Gasteiger partial charge < -0.3 is 10.5 Å². The highest BCUT2D eigenvalue weighted by atomic mass is 32.1. The van der Waals surface area contributed by atoms with E-state index in [1.54, 1.807) is 12.4 Å². The highest BCUT2D eigenvalue weighted by molar-refractivity contribution is 7.80. The molecule has 0 amide bonds. The molecular formula is C16H13N3OS. The maximum absolute atomic E-state index is 5.95. The van der Waals surface area contributed by atoms with Crippen LogP contribution in [0, 0.1) is 6.92 Å². The van der Waals surface area contributed by atoms with E-state index in [4.69, 9.17) is 22.7 Å². The Morgan fingerprint density at radius 2 is 1.95 bits per heavy atom. The zero-order chi connectivity index (χ0) is 14.8. The Kier molecular flexibility index (Phi) is 3.50. The molecule has 0 bridgehead atoms. The Morgan fingerprint density at radius 1 is 1.10 bits per heavy atom. The molecule has 0 atom stereocenters. The number of benzene rings is 1. The lowest BCUT2D eigenvalue weighted by Gasteiger charge is -2.12. The van der Waals surface area contributed by atoms with Crippen molar-refractivity contribution in [1.82, 2.24) is 9.97 Å². The van der Waals surface area contributed by atoms with E-state index in [2.05, 4.69) is 9.97 Å². The van der Waals surface area contributed by atoms with Gasteiger partial charge in [0.1, 0.15) is 10.7 Å². The van der Waals surface area contributed by atoms with Crippen LogP contribution in [0.25, 0.3) is 10.9 Å². The van der Waals surface area contributed by atoms with Gasteiger partial charge in [-0.2, -0.15) is 0 Å². The monoisotopic (exact) mass is 295 g/mol. The summed E-state index contributed by atoms with van der Waals surface area (Å²) in [6.45, 7) is 1.92. The molecule has 1 aromatic carbocycles. The second-order valence-corrected chi connectivity index (χ2v) is 5.04. The summed E-state index contributed by atoms with van der Waals surface area (Å²) in [6.07, 6.45) is 3.42. The van der Waals surface area contributed by atoms with Crippen molar-refractivity contribution in [1.29, 1.82) is 0 Å². The smallest absolute Gasteiger partial charge is 0.229 e. The fraction of sp³-hybridized carbons (Fsp3) is 0.0625. The van der Waals surface area contributed by atoms with Crippen molar-refractivity contribution in [2.45, 2.75) is 6.92 Å². The standard InChI is InChI=1S/C16H13N3OS/c1-10-7-9-19-16(14(10)15(17)21)20-13-6-2-5-12-11(13)4-3-8-18-12/h2-9H,1H3,(H2,17,21). The minimum Gasteiger partial charge on any atom is -0.438 e. The summed E-state index contributed by atoms with van der Waals surface area (Å²) in [4.78, 5) is 8.83. The molecule has 21 heavy (non-hydrogen) atoms. The first-order valence-corrected chi connectivity index (χ1v) is 6.84. The molecule has 0 aliphatic rings. The van der Waals surface area contributed by atoms with Crippen LogP contribution in [0.1, 0.15) is 11.1 Å². The van der Waals surface area contributed by atoms with Gasteiger partial charge in [0, 0.05) is 17.8 Å². The number of fused-ring (bicyclic) bond motifs is 1. The van der Waals surface area contributed by atoms with Crippen LogP contribution in [0.15, 0.2) is 48.8 Å². The lowest BCUT2D eigenvalue weighted by molar-refractivity contribution is 0.466. The summed E-state index contributed by atoms with van der Waals surface area (Å²) in [7, 11) is 0. The van der Waals surface area contributed by atoms with Crippen LogP contribution < -0.4 is 10.5 Å². The highest BCUT2D eigenvalue weighted by Gasteiger charge is 2.13. The van der Waals surface area contributed by atoms with Crippen LogP contribution in [0.2, 0.25) is 0 Å². The minimum absolute atomic E-state index is 0.272. The molecule has 0 spiro atoms. The Morgan fingerprint density at radius 3 is 2.76 bits per heavy atom. The Labute approximate surface area is 127 Å². The molecule has 2 N–H and O–H groups in total. The quantitative estimate of drug-likeness (QED) is 0.751. The van der Waals surface area contributed by atoms with Crippen LogP contribution in [0.5, 0.6) is 11.6 Å². The molecule has 3 aromatic rings. The molecule has 4 nitrogen and oxygen atoms in total. The number of hydrogen-bond donors (Lipinski definition) is 1. The Balaban J connectivity index is 2.12. The lowest BCUT2D eigenvalue weighted by atomic mass is 10.1. The number of nitrogens with two attached hydrogens (primary N) is 1. The number of aryl methyl sites for hydroxylation is 1. The molecule has 104 valence electrons. The van der Waals surface area contributed by atoms with Gasteiger partial charge in [0.05, 0.1) is 11.1 Å². The van der Waals surface area contributed by atoms with E-state index < -0.39 is 0 Å². The fourth-order valence-electron chi connectivity index (χ4n) is 2.18. The molecule has 5 heteroatoms. The van der Waals surface area contributed by atoms with Crippen LogP contribution in [0.3, 0.4) is 0 Å². The van der Waals surface area contributed by atoms with Crippen molar-refractivity contribution in [2.75, 3.05) is 0 Å². The van der Waals surface area contributed by atoms with Crippen molar-refractivity contribution < 1.29 is 4.74 Å². The topological polar surface area (TPSA) is 61.0 Å². The third kappa shape index (κ3) is 2.55. The van der Waals surface area contributed by atoms with Crippen LogP contribution in [-0.2, 0) is 0 Å². The molecule has 0 saturated carbocycles. The molecule has 3 rings (SSSR count). The number of ether oxygens (including phenoxy) is 1. The highest BCUT2D eigenvalue weighted by Crippen LogP contribution is 2.30. The first-order valence-electron chi connectivity index (χ1n) is 6.44. The number of nitrogens with zero attached hydrogens (tertiary/aromatic N) is 2. The number of aromatic nitrogens is 2. The van der Waals surface area contributed by atoms with Crippen LogP contribution in [-0.4, -0.2) is 15.0 Å². The van der Waals surface area contributed by atoms with Crippen molar-refractivity contribution in [3.63, 3.8) is 0 Å². The van der Waals surface area contributed by atoms with Crippen molar-refractivity contribution in [3.8, 4) is 11.6 Å². The third-order valence-corrected chi connectivity index (χ3v) is 3.39. The van der Waals surface area contributed by atoms with Crippen molar-refractivity contribution >= 4 is 28.1 Å². The normalized spacial score (nSPS) is 10.5. The first-order chi connectivity index (χ1) is 10.2. The predicted molar refractivity (Wildman–Crippen MR) is 86.7 cm³/mol. The van der Waals surface area contributed by atoms with E-state index in [0.717, 1.165) is 16.5 Å². The van der Waals surface area contributed by atoms with Gasteiger partial charge >= 0.3 is 0 Å². The van der Waals surface area contributed by atoms with Crippen LogP contribution >= 0.6 is 12.2 Å². The summed E-state index contributed by atoms with van der Waals surface area (Å²) < 4.78 is 5.95. The van der Waals surface area contributed by atoms with E-state index in [0.29, 0.717) is 17.2 Å². The van der Waals surface area contributed by atoms with E-state index in [1.165, 1.54) is 0 Å². The lowest BCUT2D eigenvalue weighted by Crippen LogP contribution is -2.13. The second-order valence-electron chi connectivity index (χ2n) is 4.60. The van der Waals surface area contributed by atoms with E-state index in [9.17, 15) is 0 Å². The predicted octanol–water partition coefficient (Wildman–Crippen LogP) is 3.36. The average Bonchev–Trinajstić information content (AvgIpc) is 2.47. The zero-order valence-corrected chi connectivity index (χ0v) is 12.2. The van der Waals surface area contributed by atoms with Gasteiger partial charge in [-0.25, -0.2) is 4.98 Å². The molecule has 0 aliphatic heterocycles. The zero-order valence-electron chi connectivity index (χ0n) is 11.4. The van der Waals surface area contributed by atoms with Gasteiger partial charge in [-0.3, -0.25) is 4.98 Å². The number of hydrogen-bond acceptors (Lipinski definition) is 4. The second kappa shape index (κ2) is 5.46. The SMILES string of the molecule is Cc1ccnc(Oc2cccc3ncccc23)c1C(N)=S. The molecule has 0 unspecified atom stereocenters. The molecule has 0 saturated heterocycles. The molecule has 2 aromatic heterocycles. The van der Waals surface area contributed by atoms with Crippen LogP contribution in [0.4, 0.5) is 0 Å². The van der Waals surface area contributed by atoms with Crippen molar-refractivity contribution in [2.24, 2.45) is 5.73 Å². The fourth-order valence-corrected chi connectivity index (χ4v) is 2.43. The molecule has 2 heterocycles. The van der Waals surface area contributed by atoms with Gasteiger partial charge in [-0.05, 0) is 42.8 Å². The largest absolute Gasteiger partial charge is 0.438 e. The summed E-state index contributed by atoms with van der Waals surface area (Å²) in [6, 6.07) is 11.4. The Hall–Kier alpha value is -2.53. The van der Waals surface area contributed by atoms with E-state index in [1.807, 2.05) is 43.3 Å². The van der Waals surface area contributed by atoms with Gasteiger partial charge in [-0.1, -0.05) is 18.3 Å². The van der Waals surface area contributed by atoms with Gasteiger partial charge in [-0.15, -0.1) is 0 Å². The van der Waals surface area contributed by atoms with E-state index in [-0.39, 0.29) is 4.99 Å². The summed E-state index contributed by atoms with van der Waals surface area (Å²) in [5, 5.41) is 0.914. The van der Waals surface area contributed by atoms with Crippen molar-refractivity contribution in [3.05, 3.63) is 59.9 Å². The van der Waals surface area contributed by atoms with Gasteiger partial charge in [0.15, 0.2) is 0 Å². The number of pyridine rings is 2. The minimum atomic E-state index is 0.272. The first kappa shape index (κ1) is 13.5. The van der Waals surface area contributed by atoms with Gasteiger partial charge in [0.25, 0.3) is 0 Å². The molecular weight excluding hydrogens is 282 g/mol. The average molecular weight is 295 g/mol. The molecule has 0 fully saturated rings. The van der Waals surface area contributed by atoms with E-state index >= 15 is 0 Å². The Bertz CT molecular complexity index is 827. The number of rotatable bonds is 3. The maximum Gasteiger partial charge on any atom is 0.229 e. The summed E-state index contributed by atoms with van der Waals surface area (Å²) in [5.74, 6) is 1.09. The molecule has 0 aliphatic carbocycles.